The van der Waals surface area contributed by atoms with Crippen LogP contribution in [0.2, 0.25) is 0 Å². The zero-order valence-corrected chi connectivity index (χ0v) is 11.7. The first-order valence-corrected chi connectivity index (χ1v) is 7.36. The molecule has 4 aromatic rings. The molecule has 0 N–H and O–H groups in total. The van der Waals surface area contributed by atoms with Gasteiger partial charge in [0.25, 0.3) is 0 Å². The van der Waals surface area contributed by atoms with E-state index in [1.165, 1.54) is 11.3 Å². The monoisotopic (exact) mass is 294 g/mol. The molecule has 0 unspecified atom stereocenters. The van der Waals surface area contributed by atoms with E-state index in [9.17, 15) is 4.79 Å². The molecule has 0 aliphatic heterocycles. The summed E-state index contributed by atoms with van der Waals surface area (Å²) < 4.78 is 11.4. The van der Waals surface area contributed by atoms with Gasteiger partial charge in [-0.1, -0.05) is 18.2 Å². The second kappa shape index (κ2) is 4.75. The van der Waals surface area contributed by atoms with Gasteiger partial charge in [-0.2, -0.15) is 0 Å². The van der Waals surface area contributed by atoms with Crippen LogP contribution in [0.4, 0.5) is 0 Å². The van der Waals surface area contributed by atoms with Crippen molar-refractivity contribution in [3.8, 4) is 22.0 Å². The number of thiophene rings is 1. The number of hydrogen-bond acceptors (Lipinski definition) is 4. The number of hydrogen-bond donors (Lipinski definition) is 0. The van der Waals surface area contributed by atoms with E-state index in [4.69, 9.17) is 8.83 Å². The number of fused-ring (bicyclic) bond motifs is 1. The van der Waals surface area contributed by atoms with Crippen LogP contribution in [-0.4, -0.2) is 0 Å². The molecule has 21 heavy (non-hydrogen) atoms. The lowest BCUT2D eigenvalue weighted by molar-refractivity contribution is 0.574. The summed E-state index contributed by atoms with van der Waals surface area (Å²) in [5, 5.41) is 2.51. The van der Waals surface area contributed by atoms with Gasteiger partial charge in [-0.05, 0) is 35.7 Å². The van der Waals surface area contributed by atoms with Crippen molar-refractivity contribution in [1.82, 2.24) is 0 Å². The van der Waals surface area contributed by atoms with Crippen molar-refractivity contribution in [3.05, 3.63) is 70.4 Å². The minimum atomic E-state index is -0.0739. The van der Waals surface area contributed by atoms with Crippen molar-refractivity contribution in [1.29, 1.82) is 0 Å². The van der Waals surface area contributed by atoms with E-state index in [-0.39, 0.29) is 5.43 Å². The van der Waals surface area contributed by atoms with E-state index in [0.29, 0.717) is 28.1 Å². The van der Waals surface area contributed by atoms with Gasteiger partial charge in [-0.25, -0.2) is 0 Å². The third-order valence-corrected chi connectivity index (χ3v) is 4.18. The molecule has 0 saturated heterocycles. The van der Waals surface area contributed by atoms with Crippen molar-refractivity contribution in [2.24, 2.45) is 0 Å². The first-order chi connectivity index (χ1) is 10.3. The lowest BCUT2D eigenvalue weighted by atomic mass is 10.1. The highest BCUT2D eigenvalue weighted by Crippen LogP contribution is 2.34. The average molecular weight is 294 g/mol. The minimum absolute atomic E-state index is 0.0739. The van der Waals surface area contributed by atoms with E-state index in [1.807, 2.05) is 29.6 Å². The van der Waals surface area contributed by atoms with E-state index >= 15 is 0 Å². The summed E-state index contributed by atoms with van der Waals surface area (Å²) in [7, 11) is 0. The van der Waals surface area contributed by atoms with Gasteiger partial charge in [0.15, 0.2) is 5.76 Å². The fourth-order valence-electron chi connectivity index (χ4n) is 2.37. The van der Waals surface area contributed by atoms with Crippen LogP contribution in [0.1, 0.15) is 0 Å². The molecule has 0 atom stereocenters. The molecule has 0 aliphatic rings. The zero-order valence-electron chi connectivity index (χ0n) is 10.9. The van der Waals surface area contributed by atoms with Crippen molar-refractivity contribution in [3.63, 3.8) is 0 Å². The lowest BCUT2D eigenvalue weighted by Crippen LogP contribution is -2.06. The van der Waals surface area contributed by atoms with Crippen LogP contribution < -0.4 is 5.43 Å². The quantitative estimate of drug-likeness (QED) is 0.534. The van der Waals surface area contributed by atoms with E-state index in [1.54, 1.807) is 30.5 Å². The predicted molar refractivity (Wildman–Crippen MR) is 83.5 cm³/mol. The fourth-order valence-corrected chi connectivity index (χ4v) is 3.08. The number of benzene rings is 1. The van der Waals surface area contributed by atoms with Crippen molar-refractivity contribution < 1.29 is 8.83 Å². The van der Waals surface area contributed by atoms with Crippen LogP contribution in [-0.2, 0) is 0 Å². The van der Waals surface area contributed by atoms with Crippen molar-refractivity contribution >= 4 is 22.3 Å². The molecule has 0 radical (unpaired) electrons. The Kier molecular flexibility index (Phi) is 2.75. The predicted octanol–water partition coefficient (Wildman–Crippen LogP) is 4.78. The Labute approximate surface area is 124 Å². The number of furan rings is 1. The summed E-state index contributed by atoms with van der Waals surface area (Å²) in [5.74, 6) is 1.08. The van der Waals surface area contributed by atoms with Gasteiger partial charge in [0.1, 0.15) is 16.9 Å². The zero-order chi connectivity index (χ0) is 14.2. The van der Waals surface area contributed by atoms with Crippen LogP contribution in [0, 0.1) is 0 Å². The van der Waals surface area contributed by atoms with E-state index < -0.39 is 0 Å². The van der Waals surface area contributed by atoms with Crippen LogP contribution in [0.25, 0.3) is 32.9 Å². The van der Waals surface area contributed by atoms with Gasteiger partial charge in [-0.3, -0.25) is 4.79 Å². The second-order valence-electron chi connectivity index (χ2n) is 4.59. The normalized spacial score (nSPS) is 11.0. The first kappa shape index (κ1) is 12.2. The van der Waals surface area contributed by atoms with Crippen LogP contribution >= 0.6 is 11.3 Å². The molecule has 102 valence electrons. The Morgan fingerprint density at radius 3 is 2.62 bits per heavy atom. The summed E-state index contributed by atoms with van der Waals surface area (Å²) in [6, 6.07) is 14.7. The lowest BCUT2D eigenvalue weighted by Gasteiger charge is -2.06. The standard InChI is InChI=1S/C17H10O3S/c18-16-11-5-1-2-6-12(11)20-17(14-8-4-10-21-14)15(16)13-7-3-9-19-13/h1-10H. The topological polar surface area (TPSA) is 43.4 Å². The Bertz CT molecular complexity index is 948. The third-order valence-electron chi connectivity index (χ3n) is 3.31. The van der Waals surface area contributed by atoms with Gasteiger partial charge < -0.3 is 8.83 Å². The summed E-state index contributed by atoms with van der Waals surface area (Å²) in [5.41, 5.74) is 0.984. The molecule has 0 bridgehead atoms. The summed E-state index contributed by atoms with van der Waals surface area (Å²) in [4.78, 5) is 13.7. The Balaban J connectivity index is 2.16. The molecule has 0 spiro atoms. The van der Waals surface area contributed by atoms with Crippen LogP contribution in [0.3, 0.4) is 0 Å². The minimum Gasteiger partial charge on any atom is -0.464 e. The van der Waals surface area contributed by atoms with Gasteiger partial charge in [0.05, 0.1) is 16.5 Å². The third kappa shape index (κ3) is 1.92. The molecule has 4 rings (SSSR count). The molecule has 4 heteroatoms. The summed E-state index contributed by atoms with van der Waals surface area (Å²) in [6.07, 6.45) is 1.56. The van der Waals surface area contributed by atoms with Gasteiger partial charge in [0, 0.05) is 0 Å². The van der Waals surface area contributed by atoms with Crippen LogP contribution in [0.15, 0.2) is 73.8 Å². The second-order valence-corrected chi connectivity index (χ2v) is 5.53. The van der Waals surface area contributed by atoms with E-state index in [0.717, 1.165) is 4.88 Å². The van der Waals surface area contributed by atoms with Gasteiger partial charge >= 0.3 is 0 Å². The molecule has 3 nitrogen and oxygen atoms in total. The molecule has 3 aromatic heterocycles. The molecule has 1 aromatic carbocycles. The SMILES string of the molecule is O=c1c(-c2ccco2)c(-c2cccs2)oc2ccccc12. The molecule has 3 heterocycles. The summed E-state index contributed by atoms with van der Waals surface area (Å²) >= 11 is 1.53. The molecule has 0 saturated carbocycles. The number of para-hydroxylation sites is 1. The maximum atomic E-state index is 12.8. The average Bonchev–Trinajstić information content (AvgIpc) is 3.20. The molecular weight excluding hydrogens is 284 g/mol. The first-order valence-electron chi connectivity index (χ1n) is 6.48. The smallest absolute Gasteiger partial charge is 0.204 e. The van der Waals surface area contributed by atoms with Crippen molar-refractivity contribution in [2.45, 2.75) is 0 Å². The maximum absolute atomic E-state index is 12.8. The van der Waals surface area contributed by atoms with Crippen molar-refractivity contribution in [2.75, 3.05) is 0 Å². The Morgan fingerprint density at radius 1 is 0.952 bits per heavy atom. The highest BCUT2D eigenvalue weighted by atomic mass is 32.1. The van der Waals surface area contributed by atoms with Gasteiger partial charge in [0.2, 0.25) is 5.43 Å². The van der Waals surface area contributed by atoms with Crippen LogP contribution in [0.5, 0.6) is 0 Å². The maximum Gasteiger partial charge on any atom is 0.204 e. The van der Waals surface area contributed by atoms with E-state index in [2.05, 4.69) is 0 Å². The largest absolute Gasteiger partial charge is 0.464 e. The van der Waals surface area contributed by atoms with Gasteiger partial charge in [-0.15, -0.1) is 11.3 Å². The Hall–Kier alpha value is -2.59. The Morgan fingerprint density at radius 2 is 1.86 bits per heavy atom. The fraction of sp³-hybridized carbons (Fsp3) is 0. The molecule has 0 fully saturated rings. The molecule has 0 amide bonds. The highest BCUT2D eigenvalue weighted by molar-refractivity contribution is 7.13. The highest BCUT2D eigenvalue weighted by Gasteiger charge is 2.19. The summed E-state index contributed by atoms with van der Waals surface area (Å²) in [6.45, 7) is 0. The molecular formula is C17H10O3S. The number of rotatable bonds is 2. The molecule has 0 aliphatic carbocycles.